The minimum atomic E-state index is -0.815. The molecule has 0 bridgehead atoms. The van der Waals surface area contributed by atoms with E-state index in [0.29, 0.717) is 17.8 Å². The number of carbonyl (C=O) groups is 1. The van der Waals surface area contributed by atoms with Gasteiger partial charge in [0.25, 0.3) is 5.91 Å². The van der Waals surface area contributed by atoms with Crippen LogP contribution in [0.4, 0.5) is 20.5 Å². The van der Waals surface area contributed by atoms with Gasteiger partial charge in [-0.2, -0.15) is 5.10 Å². The van der Waals surface area contributed by atoms with Crippen LogP contribution in [-0.2, 0) is 13.0 Å². The fourth-order valence-electron chi connectivity index (χ4n) is 2.49. The Kier molecular flexibility index (Phi) is 5.86. The van der Waals surface area contributed by atoms with Gasteiger partial charge in [-0.3, -0.25) is 9.89 Å². The minimum Gasteiger partial charge on any atom is -0.494 e. The van der Waals surface area contributed by atoms with Crippen LogP contribution < -0.4 is 20.5 Å². The molecular formula is C18H18F2N6O3. The Labute approximate surface area is 164 Å². The van der Waals surface area contributed by atoms with Gasteiger partial charge in [-0.25, -0.2) is 18.7 Å². The van der Waals surface area contributed by atoms with Crippen LogP contribution in [-0.4, -0.2) is 33.2 Å². The summed E-state index contributed by atoms with van der Waals surface area (Å²) < 4.78 is 39.2. The van der Waals surface area contributed by atoms with Crippen molar-refractivity contribution in [3.63, 3.8) is 0 Å². The topological polar surface area (TPSA) is 128 Å². The number of carbonyl (C=O) groups excluding carboxylic acids is 1. The Morgan fingerprint density at radius 1 is 1.24 bits per heavy atom. The second-order valence-electron chi connectivity index (χ2n) is 5.89. The first kappa shape index (κ1) is 20.0. The molecule has 4 N–H and O–H groups in total. The number of methoxy groups -OCH3 is 1. The Hall–Kier alpha value is -3.76. The third kappa shape index (κ3) is 4.39. The van der Waals surface area contributed by atoms with E-state index in [2.05, 4.69) is 25.5 Å². The maximum atomic E-state index is 14.5. The van der Waals surface area contributed by atoms with Crippen LogP contribution in [0.5, 0.6) is 11.5 Å². The molecule has 0 atom stereocenters. The maximum Gasteiger partial charge on any atom is 0.266 e. The molecule has 3 rings (SSSR count). The number of ether oxygens (including phenoxy) is 2. The molecule has 1 amide bonds. The molecule has 0 aliphatic rings. The third-order valence-corrected chi connectivity index (χ3v) is 4.03. The first-order chi connectivity index (χ1) is 13.9. The zero-order chi connectivity index (χ0) is 21.0. The molecule has 3 aromatic rings. The summed E-state index contributed by atoms with van der Waals surface area (Å²) in [5, 5.41) is 9.06. The molecule has 0 aliphatic carbocycles. The van der Waals surface area contributed by atoms with E-state index in [-0.39, 0.29) is 35.3 Å². The first-order valence-electron chi connectivity index (χ1n) is 8.53. The molecule has 152 valence electrons. The summed E-state index contributed by atoms with van der Waals surface area (Å²) in [4.78, 5) is 19.1. The number of halogens is 2. The molecule has 0 unspecified atom stereocenters. The number of anilines is 2. The molecule has 0 spiro atoms. The molecule has 0 radical (unpaired) electrons. The van der Waals surface area contributed by atoms with Crippen LogP contribution >= 0.6 is 0 Å². The van der Waals surface area contributed by atoms with Gasteiger partial charge in [0.2, 0.25) is 5.95 Å². The van der Waals surface area contributed by atoms with Crippen molar-refractivity contribution in [2.45, 2.75) is 20.0 Å². The number of aromatic amines is 1. The second kappa shape index (κ2) is 8.50. The van der Waals surface area contributed by atoms with Crippen molar-refractivity contribution in [3.05, 3.63) is 53.0 Å². The number of H-pyrrole nitrogens is 1. The number of primary amides is 1. The number of hydrogen-bond donors (Lipinski definition) is 3. The first-order valence-corrected chi connectivity index (χ1v) is 8.53. The highest BCUT2D eigenvalue weighted by Crippen LogP contribution is 2.28. The monoisotopic (exact) mass is 404 g/mol. The SMILES string of the molecule is CCc1cc(OC)c(F)c(COc2cnc(Nc3cc(C(N)=O)[nH]n3)nc2)c1F. The van der Waals surface area contributed by atoms with Gasteiger partial charge in [-0.15, -0.1) is 0 Å². The van der Waals surface area contributed by atoms with E-state index in [0.717, 1.165) is 0 Å². The number of nitrogens with one attached hydrogen (secondary N) is 2. The Morgan fingerprint density at radius 3 is 2.55 bits per heavy atom. The average Bonchev–Trinajstić information content (AvgIpc) is 3.18. The minimum absolute atomic E-state index is 0.0491. The standard InChI is InChI=1S/C18H18F2N6O3/c1-3-9-4-13(28-2)16(20)11(15(9)19)8-29-10-6-22-18(23-7-10)24-14-5-12(17(21)27)25-26-14/h4-7H,3,8H2,1-2H3,(H2,21,27)(H2,22,23,24,25,26). The van der Waals surface area contributed by atoms with Gasteiger partial charge in [0, 0.05) is 6.07 Å². The summed E-state index contributed by atoms with van der Waals surface area (Å²) in [6, 6.07) is 2.73. The lowest BCUT2D eigenvalue weighted by Gasteiger charge is -2.13. The number of hydrogen-bond acceptors (Lipinski definition) is 7. The van der Waals surface area contributed by atoms with Gasteiger partial charge in [0.05, 0.1) is 25.1 Å². The largest absolute Gasteiger partial charge is 0.494 e. The van der Waals surface area contributed by atoms with Gasteiger partial charge >= 0.3 is 0 Å². The van der Waals surface area contributed by atoms with E-state index in [4.69, 9.17) is 15.2 Å². The highest BCUT2D eigenvalue weighted by atomic mass is 19.1. The summed E-state index contributed by atoms with van der Waals surface area (Å²) in [5.74, 6) is -1.52. The highest BCUT2D eigenvalue weighted by Gasteiger charge is 2.19. The van der Waals surface area contributed by atoms with E-state index in [1.807, 2.05) is 0 Å². The van der Waals surface area contributed by atoms with Crippen molar-refractivity contribution in [2.75, 3.05) is 12.4 Å². The number of aryl methyl sites for hydroxylation is 1. The van der Waals surface area contributed by atoms with E-state index in [1.54, 1.807) is 6.92 Å². The van der Waals surface area contributed by atoms with Gasteiger partial charge in [0.1, 0.15) is 18.1 Å². The third-order valence-electron chi connectivity index (χ3n) is 4.03. The van der Waals surface area contributed by atoms with Gasteiger partial charge < -0.3 is 20.5 Å². The molecule has 9 nitrogen and oxygen atoms in total. The van der Waals surface area contributed by atoms with Crippen LogP contribution in [0, 0.1) is 11.6 Å². The fraction of sp³-hybridized carbons (Fsp3) is 0.222. The predicted molar refractivity (Wildman–Crippen MR) is 99.0 cm³/mol. The van der Waals surface area contributed by atoms with E-state index in [1.165, 1.54) is 31.6 Å². The summed E-state index contributed by atoms with van der Waals surface area (Å²) in [5.41, 5.74) is 5.35. The predicted octanol–water partition coefficient (Wildman–Crippen LogP) is 2.47. The van der Waals surface area contributed by atoms with Crippen molar-refractivity contribution in [1.29, 1.82) is 0 Å². The van der Waals surface area contributed by atoms with Crippen LogP contribution in [0.15, 0.2) is 24.5 Å². The molecule has 11 heteroatoms. The molecule has 1 aromatic carbocycles. The zero-order valence-electron chi connectivity index (χ0n) is 15.6. The Bertz CT molecular complexity index is 995. The van der Waals surface area contributed by atoms with Crippen molar-refractivity contribution < 1.29 is 23.0 Å². The second-order valence-corrected chi connectivity index (χ2v) is 5.89. The summed E-state index contributed by atoms with van der Waals surface area (Å²) >= 11 is 0. The normalized spacial score (nSPS) is 10.6. The molecule has 0 aliphatic heterocycles. The van der Waals surface area contributed by atoms with E-state index in [9.17, 15) is 13.6 Å². The lowest BCUT2D eigenvalue weighted by Crippen LogP contribution is -2.11. The maximum absolute atomic E-state index is 14.5. The van der Waals surface area contributed by atoms with Gasteiger partial charge in [-0.1, -0.05) is 6.92 Å². The van der Waals surface area contributed by atoms with Crippen molar-refractivity contribution in [3.8, 4) is 11.5 Å². The average molecular weight is 404 g/mol. The smallest absolute Gasteiger partial charge is 0.266 e. The number of nitrogens with two attached hydrogens (primary N) is 1. The number of nitrogens with zero attached hydrogens (tertiary/aromatic N) is 3. The molecule has 2 heterocycles. The Morgan fingerprint density at radius 2 is 1.97 bits per heavy atom. The summed E-state index contributed by atoms with van der Waals surface area (Å²) in [6.07, 6.45) is 3.03. The van der Waals surface area contributed by atoms with Gasteiger partial charge in [-0.05, 0) is 18.1 Å². The van der Waals surface area contributed by atoms with Crippen molar-refractivity contribution in [2.24, 2.45) is 5.73 Å². The molecule has 0 saturated carbocycles. The number of benzene rings is 1. The Balaban J connectivity index is 1.70. The number of rotatable bonds is 8. The van der Waals surface area contributed by atoms with Crippen molar-refractivity contribution in [1.82, 2.24) is 20.2 Å². The molecule has 2 aromatic heterocycles. The molecule has 0 fully saturated rings. The zero-order valence-corrected chi connectivity index (χ0v) is 15.6. The molecular weight excluding hydrogens is 386 g/mol. The molecule has 0 saturated heterocycles. The summed E-state index contributed by atoms with van der Waals surface area (Å²) in [6.45, 7) is 1.39. The van der Waals surface area contributed by atoms with E-state index < -0.39 is 17.5 Å². The van der Waals surface area contributed by atoms with E-state index >= 15 is 0 Å². The molecule has 29 heavy (non-hydrogen) atoms. The number of aromatic nitrogens is 4. The van der Waals surface area contributed by atoms with Crippen LogP contribution in [0.2, 0.25) is 0 Å². The van der Waals surface area contributed by atoms with Crippen molar-refractivity contribution >= 4 is 17.7 Å². The van der Waals surface area contributed by atoms with Crippen LogP contribution in [0.1, 0.15) is 28.5 Å². The quantitative estimate of drug-likeness (QED) is 0.526. The van der Waals surface area contributed by atoms with Crippen LogP contribution in [0.3, 0.4) is 0 Å². The fourth-order valence-corrected chi connectivity index (χ4v) is 2.49. The summed E-state index contributed by atoms with van der Waals surface area (Å²) in [7, 11) is 1.31. The van der Waals surface area contributed by atoms with Crippen LogP contribution in [0.25, 0.3) is 0 Å². The lowest BCUT2D eigenvalue weighted by atomic mass is 10.1. The van der Waals surface area contributed by atoms with Gasteiger partial charge in [0.15, 0.2) is 23.1 Å². The lowest BCUT2D eigenvalue weighted by molar-refractivity contribution is 0.0995. The number of amides is 1. The highest BCUT2D eigenvalue weighted by molar-refractivity contribution is 5.91.